The molecule has 1 amide bonds. The fourth-order valence-corrected chi connectivity index (χ4v) is 4.41. The van der Waals surface area contributed by atoms with Crippen LogP contribution in [-0.4, -0.2) is 48.3 Å². The number of aromatic amines is 1. The number of hydrogen-bond donors (Lipinski definition) is 2. The minimum atomic E-state index is 0.0785. The first-order valence-electron chi connectivity index (χ1n) is 9.43. The van der Waals surface area contributed by atoms with E-state index in [0.717, 1.165) is 29.9 Å². The average molecular weight is 357 g/mol. The van der Waals surface area contributed by atoms with E-state index in [1.165, 1.54) is 11.1 Å². The second-order valence-corrected chi connectivity index (χ2v) is 7.59. The number of amides is 1. The summed E-state index contributed by atoms with van der Waals surface area (Å²) in [6, 6.07) is 4.33. The number of benzene rings is 1. The second kappa shape index (κ2) is 7.00. The van der Waals surface area contributed by atoms with Crippen LogP contribution < -0.4 is 5.32 Å². The van der Waals surface area contributed by atoms with E-state index in [1.807, 2.05) is 0 Å². The first-order chi connectivity index (χ1) is 12.6. The summed E-state index contributed by atoms with van der Waals surface area (Å²) in [5, 5.41) is 3.21. The molecule has 1 aromatic heterocycles. The van der Waals surface area contributed by atoms with Gasteiger partial charge in [0.2, 0.25) is 5.91 Å². The van der Waals surface area contributed by atoms with Gasteiger partial charge in [-0.25, -0.2) is 4.98 Å². The van der Waals surface area contributed by atoms with Crippen LogP contribution in [0.2, 0.25) is 0 Å². The Labute approximate surface area is 153 Å². The van der Waals surface area contributed by atoms with Crippen LogP contribution in [0.4, 0.5) is 0 Å². The van der Waals surface area contributed by atoms with Crippen molar-refractivity contribution in [2.24, 2.45) is 11.8 Å². The Morgan fingerprint density at radius 1 is 1.42 bits per heavy atom. The Kier molecular flexibility index (Phi) is 4.71. The predicted octanol–water partition coefficient (Wildman–Crippen LogP) is 2.28. The van der Waals surface area contributed by atoms with Crippen molar-refractivity contribution in [2.45, 2.75) is 45.3 Å². The molecule has 0 unspecified atom stereocenters. The molecule has 6 heteroatoms. The molecule has 1 aromatic carbocycles. The zero-order valence-electron chi connectivity index (χ0n) is 15.7. The second-order valence-electron chi connectivity index (χ2n) is 7.59. The quantitative estimate of drug-likeness (QED) is 0.832. The molecule has 4 rings (SSSR count). The van der Waals surface area contributed by atoms with Gasteiger partial charge in [-0.3, -0.25) is 4.79 Å². The van der Waals surface area contributed by atoms with E-state index < -0.39 is 0 Å². The molecule has 0 radical (unpaired) electrons. The number of aryl methyl sites for hydroxylation is 3. The van der Waals surface area contributed by atoms with E-state index in [0.29, 0.717) is 25.4 Å². The molecular formula is C20H27N3O3. The number of nitrogens with zero attached hydrogens (tertiary/aromatic N) is 1. The maximum absolute atomic E-state index is 12.5. The van der Waals surface area contributed by atoms with Crippen molar-refractivity contribution in [2.75, 3.05) is 20.3 Å². The monoisotopic (exact) mass is 357 g/mol. The van der Waals surface area contributed by atoms with Crippen LogP contribution in [0.25, 0.3) is 11.0 Å². The standard InChI is InChI=1S/C20H27N3O3/c1-11-4-5-15-18(12(11)2)22-16(21-15)6-7-17(24)23-19-13-8-9-26-20(13)14(19)10-25-3/h4-5,13-14,19-20H,6-10H2,1-3H3,(H,21,22)(H,23,24)/t13-,14+,19+,20-/m0/s1. The van der Waals surface area contributed by atoms with E-state index in [1.54, 1.807) is 7.11 Å². The lowest BCUT2D eigenvalue weighted by Crippen LogP contribution is -2.62. The van der Waals surface area contributed by atoms with Gasteiger partial charge in [0.1, 0.15) is 5.82 Å². The number of carbonyl (C=O) groups is 1. The fraction of sp³-hybridized carbons (Fsp3) is 0.600. The number of aromatic nitrogens is 2. The van der Waals surface area contributed by atoms with Gasteiger partial charge < -0.3 is 19.8 Å². The van der Waals surface area contributed by atoms with E-state index >= 15 is 0 Å². The number of methoxy groups -OCH3 is 1. The van der Waals surface area contributed by atoms with Crippen LogP contribution in [0.1, 0.15) is 29.8 Å². The summed E-state index contributed by atoms with van der Waals surface area (Å²) >= 11 is 0. The van der Waals surface area contributed by atoms with Crippen molar-refractivity contribution >= 4 is 16.9 Å². The highest BCUT2D eigenvalue weighted by molar-refractivity contribution is 5.80. The Morgan fingerprint density at radius 3 is 3.08 bits per heavy atom. The SMILES string of the molecule is COC[C@@H]1[C@H](NC(=O)CCc2nc3c(C)c(C)ccc3[nH]2)[C@@H]2CCO[C@H]12. The van der Waals surface area contributed by atoms with Crippen molar-refractivity contribution in [3.8, 4) is 0 Å². The number of carbonyl (C=O) groups excluding carboxylic acids is 1. The van der Waals surface area contributed by atoms with Crippen molar-refractivity contribution in [1.82, 2.24) is 15.3 Å². The van der Waals surface area contributed by atoms with Gasteiger partial charge in [0.25, 0.3) is 0 Å². The van der Waals surface area contributed by atoms with Crippen LogP contribution >= 0.6 is 0 Å². The van der Waals surface area contributed by atoms with Crippen LogP contribution in [0, 0.1) is 25.7 Å². The molecule has 1 saturated carbocycles. The van der Waals surface area contributed by atoms with E-state index in [2.05, 4.69) is 41.3 Å². The molecule has 2 aliphatic rings. The third-order valence-electron chi connectivity index (χ3n) is 6.03. The van der Waals surface area contributed by atoms with Crippen LogP contribution in [0.3, 0.4) is 0 Å². The molecule has 26 heavy (non-hydrogen) atoms. The van der Waals surface area contributed by atoms with Crippen molar-refractivity contribution < 1.29 is 14.3 Å². The van der Waals surface area contributed by atoms with Crippen molar-refractivity contribution in [1.29, 1.82) is 0 Å². The Bertz CT molecular complexity index is 816. The first kappa shape index (κ1) is 17.5. The number of hydrogen-bond acceptors (Lipinski definition) is 4. The third-order valence-corrected chi connectivity index (χ3v) is 6.03. The first-order valence-corrected chi connectivity index (χ1v) is 9.43. The van der Waals surface area contributed by atoms with Gasteiger partial charge in [-0.2, -0.15) is 0 Å². The van der Waals surface area contributed by atoms with Gasteiger partial charge >= 0.3 is 0 Å². The van der Waals surface area contributed by atoms with Gasteiger partial charge in [-0.15, -0.1) is 0 Å². The smallest absolute Gasteiger partial charge is 0.220 e. The Balaban J connectivity index is 1.36. The highest BCUT2D eigenvalue weighted by Gasteiger charge is 2.54. The van der Waals surface area contributed by atoms with Crippen LogP contribution in [0.15, 0.2) is 12.1 Å². The summed E-state index contributed by atoms with van der Waals surface area (Å²) in [4.78, 5) is 20.5. The lowest BCUT2D eigenvalue weighted by atomic mass is 9.67. The number of nitrogens with one attached hydrogen (secondary N) is 2. The number of ether oxygens (including phenoxy) is 2. The van der Waals surface area contributed by atoms with Crippen LogP contribution in [0.5, 0.6) is 0 Å². The van der Waals surface area contributed by atoms with Gasteiger partial charge in [-0.1, -0.05) is 6.07 Å². The number of imidazole rings is 1. The zero-order chi connectivity index (χ0) is 18.3. The van der Waals surface area contributed by atoms with Crippen molar-refractivity contribution in [3.63, 3.8) is 0 Å². The molecule has 6 nitrogen and oxygen atoms in total. The lowest BCUT2D eigenvalue weighted by molar-refractivity contribution is -0.129. The fourth-order valence-electron chi connectivity index (χ4n) is 4.41. The number of rotatable bonds is 6. The number of fused-ring (bicyclic) bond motifs is 2. The maximum Gasteiger partial charge on any atom is 0.220 e. The molecule has 0 spiro atoms. The average Bonchev–Trinajstić information content (AvgIpc) is 3.24. The molecule has 1 saturated heterocycles. The third kappa shape index (κ3) is 3.01. The Morgan fingerprint density at radius 2 is 2.27 bits per heavy atom. The molecule has 1 aliphatic carbocycles. The van der Waals surface area contributed by atoms with Gasteiger partial charge in [-0.05, 0) is 37.5 Å². The molecule has 2 fully saturated rings. The molecule has 140 valence electrons. The summed E-state index contributed by atoms with van der Waals surface area (Å²) in [7, 11) is 1.70. The molecule has 1 aliphatic heterocycles. The topological polar surface area (TPSA) is 76.2 Å². The predicted molar refractivity (Wildman–Crippen MR) is 99.0 cm³/mol. The summed E-state index contributed by atoms with van der Waals surface area (Å²) in [5.74, 6) is 1.66. The van der Waals surface area contributed by atoms with E-state index in [4.69, 9.17) is 9.47 Å². The van der Waals surface area contributed by atoms with E-state index in [9.17, 15) is 4.79 Å². The van der Waals surface area contributed by atoms with Crippen molar-refractivity contribution in [3.05, 3.63) is 29.1 Å². The minimum absolute atomic E-state index is 0.0785. The van der Waals surface area contributed by atoms with Gasteiger partial charge in [0, 0.05) is 44.4 Å². The normalized spacial score (nSPS) is 27.3. The zero-order valence-corrected chi connectivity index (χ0v) is 15.7. The van der Waals surface area contributed by atoms with Gasteiger partial charge in [0.05, 0.1) is 23.7 Å². The summed E-state index contributed by atoms with van der Waals surface area (Å²) < 4.78 is 11.1. The molecule has 0 bridgehead atoms. The maximum atomic E-state index is 12.5. The molecule has 2 N–H and O–H groups in total. The molecule has 2 aromatic rings. The highest BCUT2D eigenvalue weighted by atomic mass is 16.5. The summed E-state index contributed by atoms with van der Waals surface area (Å²) in [6.45, 7) is 5.60. The Hall–Kier alpha value is -1.92. The largest absolute Gasteiger partial charge is 0.384 e. The highest BCUT2D eigenvalue weighted by Crippen LogP contribution is 2.43. The summed E-state index contributed by atoms with van der Waals surface area (Å²) in [5.41, 5.74) is 4.47. The molecule has 2 heterocycles. The summed E-state index contributed by atoms with van der Waals surface area (Å²) in [6.07, 6.45) is 2.33. The van der Waals surface area contributed by atoms with Gasteiger partial charge in [0.15, 0.2) is 0 Å². The van der Waals surface area contributed by atoms with Crippen LogP contribution in [-0.2, 0) is 20.7 Å². The van der Waals surface area contributed by atoms with E-state index in [-0.39, 0.29) is 24.0 Å². The minimum Gasteiger partial charge on any atom is -0.384 e. The lowest BCUT2D eigenvalue weighted by Gasteiger charge is -2.47. The number of H-pyrrole nitrogens is 1. The molecule has 4 atom stereocenters. The molecular weight excluding hydrogens is 330 g/mol.